The van der Waals surface area contributed by atoms with Crippen molar-refractivity contribution < 1.29 is 9.53 Å². The van der Waals surface area contributed by atoms with Gasteiger partial charge in [-0.25, -0.2) is 0 Å². The van der Waals surface area contributed by atoms with Crippen molar-refractivity contribution in [2.75, 3.05) is 13.2 Å². The second-order valence-corrected chi connectivity index (χ2v) is 7.36. The number of hydrogen-bond acceptors (Lipinski definition) is 4. The normalized spacial score (nSPS) is 28.9. The third kappa shape index (κ3) is 2.80. The lowest BCUT2D eigenvalue weighted by atomic mass is 9.89. The first-order valence-electron chi connectivity index (χ1n) is 7.33. The molecular weight excluding hydrogens is 294 g/mol. The molecule has 0 N–H and O–H groups in total. The Hall–Kier alpha value is -0.420. The third-order valence-corrected chi connectivity index (χ3v) is 5.71. The molecule has 0 amide bonds. The van der Waals surface area contributed by atoms with E-state index in [1.54, 1.807) is 6.07 Å². The van der Waals surface area contributed by atoms with Gasteiger partial charge in [0.1, 0.15) is 0 Å². The van der Waals surface area contributed by atoms with Crippen LogP contribution in [-0.4, -0.2) is 42.0 Å². The maximum atomic E-state index is 12.6. The number of halogens is 1. The maximum Gasteiger partial charge on any atom is 0.189 e. The van der Waals surface area contributed by atoms with Crippen LogP contribution in [0.25, 0.3) is 0 Å². The monoisotopic (exact) mass is 313 g/mol. The fourth-order valence-corrected chi connectivity index (χ4v) is 4.48. The van der Waals surface area contributed by atoms with E-state index in [-0.39, 0.29) is 11.8 Å². The zero-order valence-electron chi connectivity index (χ0n) is 11.7. The minimum Gasteiger partial charge on any atom is -0.375 e. The van der Waals surface area contributed by atoms with Gasteiger partial charge in [-0.1, -0.05) is 24.4 Å². The van der Waals surface area contributed by atoms with E-state index < -0.39 is 0 Å². The molecule has 3 atom stereocenters. The van der Waals surface area contributed by atoms with Crippen LogP contribution in [0.1, 0.15) is 42.3 Å². The van der Waals surface area contributed by atoms with Crippen molar-refractivity contribution in [2.45, 2.75) is 50.8 Å². The minimum absolute atomic E-state index is 0.0841. The lowest BCUT2D eigenvalue weighted by molar-refractivity contribution is -0.0953. The summed E-state index contributed by atoms with van der Waals surface area (Å²) in [4.78, 5) is 15.7. The van der Waals surface area contributed by atoms with Crippen LogP contribution in [0.15, 0.2) is 12.1 Å². The summed E-state index contributed by atoms with van der Waals surface area (Å²) in [6, 6.07) is 3.96. The van der Waals surface area contributed by atoms with Crippen LogP contribution in [-0.2, 0) is 4.74 Å². The van der Waals surface area contributed by atoms with Crippen LogP contribution in [0, 0.1) is 0 Å². The first-order valence-corrected chi connectivity index (χ1v) is 8.53. The summed E-state index contributed by atoms with van der Waals surface area (Å²) >= 11 is 7.31. The summed E-state index contributed by atoms with van der Waals surface area (Å²) in [7, 11) is 0. The highest BCUT2D eigenvalue weighted by Crippen LogP contribution is 2.31. The Morgan fingerprint density at radius 2 is 2.25 bits per heavy atom. The van der Waals surface area contributed by atoms with Crippen LogP contribution in [0.2, 0.25) is 4.34 Å². The smallest absolute Gasteiger partial charge is 0.189 e. The first kappa shape index (κ1) is 14.5. The average Bonchev–Trinajstić information content (AvgIpc) is 2.91. The maximum absolute atomic E-state index is 12.6. The molecule has 3 rings (SSSR count). The van der Waals surface area contributed by atoms with Gasteiger partial charge in [0.05, 0.1) is 28.0 Å². The number of carbonyl (C=O) groups is 1. The Kier molecular flexibility index (Phi) is 4.46. The van der Waals surface area contributed by atoms with Crippen molar-refractivity contribution in [1.82, 2.24) is 4.90 Å². The summed E-state index contributed by atoms with van der Waals surface area (Å²) in [6.45, 7) is 3.62. The van der Waals surface area contributed by atoms with E-state index in [4.69, 9.17) is 16.3 Å². The van der Waals surface area contributed by atoms with Gasteiger partial charge in [-0.15, -0.1) is 11.3 Å². The van der Waals surface area contributed by atoms with Crippen LogP contribution in [0.5, 0.6) is 0 Å². The predicted octanol–water partition coefficient (Wildman–Crippen LogP) is 3.62. The van der Waals surface area contributed by atoms with Gasteiger partial charge in [0.2, 0.25) is 0 Å². The zero-order chi connectivity index (χ0) is 14.1. The molecule has 0 radical (unpaired) electrons. The lowest BCUT2D eigenvalue weighted by Crippen LogP contribution is -2.57. The highest BCUT2D eigenvalue weighted by molar-refractivity contribution is 7.18. The van der Waals surface area contributed by atoms with Crippen LogP contribution in [0.4, 0.5) is 0 Å². The van der Waals surface area contributed by atoms with Gasteiger partial charge < -0.3 is 4.74 Å². The van der Waals surface area contributed by atoms with E-state index in [1.807, 2.05) is 13.0 Å². The summed E-state index contributed by atoms with van der Waals surface area (Å²) in [6.07, 6.45) is 5.09. The fraction of sp³-hybridized carbons (Fsp3) is 0.667. The molecule has 2 aliphatic rings. The quantitative estimate of drug-likeness (QED) is 0.798. The minimum atomic E-state index is -0.0841. The van der Waals surface area contributed by atoms with Crippen LogP contribution in [0.3, 0.4) is 0 Å². The number of hydrogen-bond donors (Lipinski definition) is 0. The molecular formula is C15H20ClNO2S. The second-order valence-electron chi connectivity index (χ2n) is 5.64. The fourth-order valence-electron chi connectivity index (χ4n) is 3.41. The van der Waals surface area contributed by atoms with Gasteiger partial charge in [0.25, 0.3) is 0 Å². The third-order valence-electron chi connectivity index (χ3n) is 4.47. The summed E-state index contributed by atoms with van der Waals surface area (Å²) in [5.41, 5.74) is 0. The van der Waals surface area contributed by atoms with E-state index in [2.05, 4.69) is 4.90 Å². The number of ether oxygens (including phenoxy) is 1. The number of ketones is 1. The SMILES string of the molecule is CC(C(=O)c1ccc(Cl)s1)N1CCOC2CCCCC21. The number of nitrogens with zero attached hydrogens (tertiary/aromatic N) is 1. The van der Waals surface area contributed by atoms with Crippen LogP contribution >= 0.6 is 22.9 Å². The number of thiophene rings is 1. The lowest BCUT2D eigenvalue weighted by Gasteiger charge is -2.46. The number of morpholine rings is 1. The standard InChI is InChI=1S/C15H20ClNO2S/c1-10(15(18)13-6-7-14(16)20-13)17-8-9-19-12-5-3-2-4-11(12)17/h6-7,10-12H,2-5,8-9H2,1H3. The molecule has 5 heteroatoms. The molecule has 20 heavy (non-hydrogen) atoms. The molecule has 1 aromatic rings. The van der Waals surface area contributed by atoms with Crippen molar-refractivity contribution >= 4 is 28.7 Å². The highest BCUT2D eigenvalue weighted by atomic mass is 35.5. The van der Waals surface area contributed by atoms with Gasteiger partial charge in [0, 0.05) is 12.6 Å². The van der Waals surface area contributed by atoms with Crippen molar-refractivity contribution in [1.29, 1.82) is 0 Å². The number of rotatable bonds is 3. The molecule has 1 saturated carbocycles. The van der Waals surface area contributed by atoms with Crippen LogP contribution < -0.4 is 0 Å². The summed E-state index contributed by atoms with van der Waals surface area (Å²) < 4.78 is 6.56. The Labute approximate surface area is 128 Å². The topological polar surface area (TPSA) is 29.5 Å². The first-order chi connectivity index (χ1) is 9.66. The largest absolute Gasteiger partial charge is 0.375 e. The van der Waals surface area contributed by atoms with Gasteiger partial charge in [0.15, 0.2) is 5.78 Å². The number of fused-ring (bicyclic) bond motifs is 1. The summed E-state index contributed by atoms with van der Waals surface area (Å²) in [5.74, 6) is 0.188. The molecule has 0 spiro atoms. The average molecular weight is 314 g/mol. The molecule has 0 bridgehead atoms. The second kappa shape index (κ2) is 6.14. The summed E-state index contributed by atoms with van der Waals surface area (Å²) in [5, 5.41) is 0. The zero-order valence-corrected chi connectivity index (χ0v) is 13.3. The van der Waals surface area contributed by atoms with E-state index >= 15 is 0 Å². The van der Waals surface area contributed by atoms with Gasteiger partial charge in [-0.2, -0.15) is 0 Å². The Morgan fingerprint density at radius 1 is 1.45 bits per heavy atom. The molecule has 1 aliphatic carbocycles. The van der Waals surface area contributed by atoms with Gasteiger partial charge >= 0.3 is 0 Å². The van der Waals surface area contributed by atoms with E-state index in [9.17, 15) is 4.79 Å². The molecule has 3 unspecified atom stereocenters. The predicted molar refractivity (Wildman–Crippen MR) is 81.8 cm³/mol. The van der Waals surface area contributed by atoms with Gasteiger partial charge in [-0.3, -0.25) is 9.69 Å². The molecule has 0 aromatic carbocycles. The van der Waals surface area contributed by atoms with Gasteiger partial charge in [-0.05, 0) is 31.9 Å². The highest BCUT2D eigenvalue weighted by Gasteiger charge is 2.38. The Morgan fingerprint density at radius 3 is 3.00 bits per heavy atom. The Balaban J connectivity index is 1.75. The molecule has 3 nitrogen and oxygen atoms in total. The molecule has 1 aromatic heterocycles. The van der Waals surface area contributed by atoms with E-state index in [0.29, 0.717) is 16.5 Å². The molecule has 1 aliphatic heterocycles. The van der Waals surface area contributed by atoms with Crippen molar-refractivity contribution in [3.8, 4) is 0 Å². The molecule has 2 heterocycles. The molecule has 110 valence electrons. The number of Topliss-reactive ketones (excluding diaryl/α,β-unsaturated/α-hetero) is 1. The molecule has 2 fully saturated rings. The molecule has 1 saturated heterocycles. The van der Waals surface area contributed by atoms with E-state index in [1.165, 1.54) is 24.2 Å². The van der Waals surface area contributed by atoms with E-state index in [0.717, 1.165) is 30.9 Å². The van der Waals surface area contributed by atoms with Crippen molar-refractivity contribution in [3.05, 3.63) is 21.3 Å². The van der Waals surface area contributed by atoms with Crippen molar-refractivity contribution in [2.24, 2.45) is 0 Å². The Bertz CT molecular complexity index is 488. The van der Waals surface area contributed by atoms with Crippen molar-refractivity contribution in [3.63, 3.8) is 0 Å². The number of carbonyl (C=O) groups excluding carboxylic acids is 1.